The first-order valence-electron chi connectivity index (χ1n) is 5.24. The molecule has 0 unspecified atom stereocenters. The maximum Gasteiger partial charge on any atom is 0.137 e. The fourth-order valence-electron chi connectivity index (χ4n) is 1.71. The van der Waals surface area contributed by atoms with Crippen LogP contribution in [0.5, 0.6) is 0 Å². The lowest BCUT2D eigenvalue weighted by molar-refractivity contribution is 0.621. The number of hydrogen-bond acceptors (Lipinski definition) is 1. The van der Waals surface area contributed by atoms with Crippen molar-refractivity contribution in [2.45, 2.75) is 18.8 Å². The molecule has 1 aromatic heterocycles. The Hall–Kier alpha value is -1.16. The number of rotatable bonds is 2. The first-order valence-corrected chi connectivity index (χ1v) is 6.03. The van der Waals surface area contributed by atoms with Gasteiger partial charge in [-0.15, -0.1) is 0 Å². The third-order valence-corrected chi connectivity index (χ3v) is 3.40. The van der Waals surface area contributed by atoms with Crippen LogP contribution in [0.1, 0.15) is 24.6 Å². The molecule has 2 nitrogen and oxygen atoms in total. The minimum absolute atomic E-state index is 0.245. The number of halogens is 2. The predicted molar refractivity (Wildman–Crippen MR) is 63.7 cm³/mol. The number of nitrogens with zero attached hydrogens (tertiary/aromatic N) is 1. The van der Waals surface area contributed by atoms with E-state index in [4.69, 9.17) is 0 Å². The van der Waals surface area contributed by atoms with Crippen molar-refractivity contribution in [2.75, 3.05) is 0 Å². The lowest BCUT2D eigenvalue weighted by Gasteiger charge is -1.99. The average molecular weight is 281 g/mol. The van der Waals surface area contributed by atoms with Gasteiger partial charge in [-0.05, 0) is 47.0 Å². The summed E-state index contributed by atoms with van der Waals surface area (Å²) in [5, 5.41) is 0. The zero-order chi connectivity index (χ0) is 11.1. The molecule has 1 fully saturated rings. The van der Waals surface area contributed by atoms with Gasteiger partial charge in [-0.1, -0.05) is 0 Å². The molecule has 1 aromatic carbocycles. The third kappa shape index (κ3) is 1.78. The van der Waals surface area contributed by atoms with Crippen LogP contribution in [0.2, 0.25) is 0 Å². The van der Waals surface area contributed by atoms with Gasteiger partial charge in [-0.2, -0.15) is 0 Å². The minimum atomic E-state index is -0.245. The first-order chi connectivity index (χ1) is 7.74. The Bertz CT molecular complexity index is 532. The highest BCUT2D eigenvalue weighted by molar-refractivity contribution is 9.10. The maximum atomic E-state index is 13.1. The van der Waals surface area contributed by atoms with Crippen molar-refractivity contribution < 1.29 is 4.39 Å². The van der Waals surface area contributed by atoms with Crippen LogP contribution in [-0.2, 0) is 0 Å². The van der Waals surface area contributed by atoms with Gasteiger partial charge in [-0.25, -0.2) is 9.37 Å². The highest BCUT2D eigenvalue weighted by Crippen LogP contribution is 2.39. The Labute approximate surface area is 101 Å². The van der Waals surface area contributed by atoms with Crippen LogP contribution in [-0.4, -0.2) is 9.97 Å². The first kappa shape index (κ1) is 10.0. The lowest BCUT2D eigenvalue weighted by Crippen LogP contribution is -1.83. The fourth-order valence-corrected chi connectivity index (χ4v) is 2.09. The second kappa shape index (κ2) is 3.70. The van der Waals surface area contributed by atoms with Crippen molar-refractivity contribution in [3.8, 4) is 11.3 Å². The molecule has 0 radical (unpaired) electrons. The van der Waals surface area contributed by atoms with Crippen molar-refractivity contribution >= 4 is 15.9 Å². The van der Waals surface area contributed by atoms with E-state index < -0.39 is 0 Å². The molecule has 0 amide bonds. The molecule has 1 aliphatic carbocycles. The van der Waals surface area contributed by atoms with Gasteiger partial charge in [0.15, 0.2) is 0 Å². The normalized spacial score (nSPS) is 15.4. The fraction of sp³-hybridized carbons (Fsp3) is 0.250. The van der Waals surface area contributed by atoms with Gasteiger partial charge in [0.1, 0.15) is 11.6 Å². The van der Waals surface area contributed by atoms with E-state index >= 15 is 0 Å². The number of hydrogen-bond donors (Lipinski definition) is 1. The molecule has 4 heteroatoms. The van der Waals surface area contributed by atoms with Crippen LogP contribution in [0, 0.1) is 5.82 Å². The van der Waals surface area contributed by atoms with Gasteiger partial charge < -0.3 is 4.98 Å². The predicted octanol–water partition coefficient (Wildman–Crippen LogP) is 3.86. The van der Waals surface area contributed by atoms with Crippen molar-refractivity contribution in [2.24, 2.45) is 0 Å². The molecule has 0 atom stereocenters. The average Bonchev–Trinajstić information content (AvgIpc) is 3.01. The summed E-state index contributed by atoms with van der Waals surface area (Å²) < 4.78 is 13.6. The third-order valence-electron chi connectivity index (χ3n) is 2.79. The van der Waals surface area contributed by atoms with Gasteiger partial charge in [0.2, 0.25) is 0 Å². The lowest BCUT2D eigenvalue weighted by atomic mass is 10.2. The molecule has 1 saturated carbocycles. The van der Waals surface area contributed by atoms with Gasteiger partial charge in [0.05, 0.1) is 16.4 Å². The molecule has 3 rings (SSSR count). The van der Waals surface area contributed by atoms with Crippen molar-refractivity contribution in [1.29, 1.82) is 0 Å². The van der Waals surface area contributed by atoms with Crippen LogP contribution >= 0.6 is 15.9 Å². The smallest absolute Gasteiger partial charge is 0.137 e. The van der Waals surface area contributed by atoms with Crippen LogP contribution < -0.4 is 0 Å². The van der Waals surface area contributed by atoms with Crippen molar-refractivity contribution in [3.63, 3.8) is 0 Å². The quantitative estimate of drug-likeness (QED) is 0.889. The Balaban J connectivity index is 1.97. The van der Waals surface area contributed by atoms with E-state index in [-0.39, 0.29) is 5.82 Å². The molecular weight excluding hydrogens is 271 g/mol. The number of nitrogens with one attached hydrogen (secondary N) is 1. The molecule has 1 N–H and O–H groups in total. The van der Waals surface area contributed by atoms with E-state index in [9.17, 15) is 4.39 Å². The monoisotopic (exact) mass is 280 g/mol. The summed E-state index contributed by atoms with van der Waals surface area (Å²) >= 11 is 3.18. The molecule has 82 valence electrons. The van der Waals surface area contributed by atoms with Gasteiger partial charge in [-0.3, -0.25) is 0 Å². The van der Waals surface area contributed by atoms with Crippen LogP contribution in [0.3, 0.4) is 0 Å². The number of imidazole rings is 1. The largest absolute Gasteiger partial charge is 0.342 e. The van der Waals surface area contributed by atoms with E-state index in [1.807, 2.05) is 6.20 Å². The second-order valence-electron chi connectivity index (χ2n) is 4.09. The molecule has 0 bridgehead atoms. The van der Waals surface area contributed by atoms with E-state index in [1.54, 1.807) is 12.1 Å². The topological polar surface area (TPSA) is 28.7 Å². The molecule has 0 spiro atoms. The van der Waals surface area contributed by atoms with E-state index in [2.05, 4.69) is 25.9 Å². The molecule has 0 saturated heterocycles. The molecule has 0 aliphatic heterocycles. The van der Waals surface area contributed by atoms with Crippen molar-refractivity contribution in [1.82, 2.24) is 9.97 Å². The Morgan fingerprint density at radius 1 is 1.38 bits per heavy atom. The number of aromatic nitrogens is 2. The number of H-pyrrole nitrogens is 1. The van der Waals surface area contributed by atoms with Crippen LogP contribution in [0.15, 0.2) is 28.9 Å². The molecule has 1 aliphatic rings. The molecule has 16 heavy (non-hydrogen) atoms. The number of aromatic amines is 1. The van der Waals surface area contributed by atoms with Gasteiger partial charge in [0.25, 0.3) is 0 Å². The zero-order valence-corrected chi connectivity index (χ0v) is 10.1. The Kier molecular flexibility index (Phi) is 2.32. The molecule has 2 aromatic rings. The summed E-state index contributed by atoms with van der Waals surface area (Å²) in [6.45, 7) is 0. The van der Waals surface area contributed by atoms with E-state index in [1.165, 1.54) is 18.9 Å². The van der Waals surface area contributed by atoms with E-state index in [0.717, 1.165) is 17.1 Å². The standard InChI is InChI=1S/C12H10BrFN2/c13-9-5-8(3-4-10(9)14)11-6-15-12(16-11)7-1-2-7/h3-7H,1-2H2,(H,15,16). The highest BCUT2D eigenvalue weighted by atomic mass is 79.9. The van der Waals surface area contributed by atoms with Crippen LogP contribution in [0.4, 0.5) is 4.39 Å². The van der Waals surface area contributed by atoms with Gasteiger partial charge >= 0.3 is 0 Å². The Morgan fingerprint density at radius 2 is 2.19 bits per heavy atom. The van der Waals surface area contributed by atoms with Gasteiger partial charge in [0, 0.05) is 11.5 Å². The second-order valence-corrected chi connectivity index (χ2v) is 4.94. The summed E-state index contributed by atoms with van der Waals surface area (Å²) in [6.07, 6.45) is 4.26. The summed E-state index contributed by atoms with van der Waals surface area (Å²) in [7, 11) is 0. The Morgan fingerprint density at radius 3 is 2.88 bits per heavy atom. The zero-order valence-electron chi connectivity index (χ0n) is 8.50. The van der Waals surface area contributed by atoms with E-state index in [0.29, 0.717) is 10.4 Å². The summed E-state index contributed by atoms with van der Waals surface area (Å²) in [6, 6.07) is 4.97. The molecular formula is C12H10BrFN2. The SMILES string of the molecule is Fc1ccc(-c2cnc(C3CC3)[nH]2)cc1Br. The highest BCUT2D eigenvalue weighted by Gasteiger charge is 2.26. The van der Waals surface area contributed by atoms with Crippen LogP contribution in [0.25, 0.3) is 11.3 Å². The minimum Gasteiger partial charge on any atom is -0.342 e. The summed E-state index contributed by atoms with van der Waals surface area (Å²) in [5.41, 5.74) is 1.90. The maximum absolute atomic E-state index is 13.1. The molecule has 1 heterocycles. The summed E-state index contributed by atoms with van der Waals surface area (Å²) in [5.74, 6) is 1.42. The van der Waals surface area contributed by atoms with Crippen molar-refractivity contribution in [3.05, 3.63) is 40.5 Å². The number of benzene rings is 1. The summed E-state index contributed by atoms with van der Waals surface area (Å²) in [4.78, 5) is 7.63.